The standard InChI is InChI=1S/C20H22N6O3/c1-20(2)12-9-26(11-4-6-24-14(8-11)18(22)28)16(15(12)20)19(29)25-10-3-5-23-13(7-10)17(21)27/h3-8,12,15-16H,9H2,1-2H3,(H2,21,27)(H2,22,28)(H,23,25,29). The molecule has 1 saturated heterocycles. The van der Waals surface area contributed by atoms with Gasteiger partial charge in [0.2, 0.25) is 5.91 Å². The molecule has 2 aliphatic rings. The third-order valence-electron chi connectivity index (χ3n) is 6.08. The predicted octanol–water partition coefficient (Wildman–Crippen LogP) is 0.774. The second-order valence-corrected chi connectivity index (χ2v) is 8.10. The van der Waals surface area contributed by atoms with Crippen molar-refractivity contribution in [1.29, 1.82) is 0 Å². The monoisotopic (exact) mass is 394 g/mol. The van der Waals surface area contributed by atoms with Crippen molar-refractivity contribution in [2.75, 3.05) is 16.8 Å². The normalized spacial score (nSPS) is 23.9. The van der Waals surface area contributed by atoms with Crippen LogP contribution in [0.3, 0.4) is 0 Å². The number of primary amides is 2. The number of nitrogens with two attached hydrogens (primary N) is 2. The Morgan fingerprint density at radius 3 is 2.34 bits per heavy atom. The number of nitrogens with one attached hydrogen (secondary N) is 1. The molecule has 5 N–H and O–H groups in total. The predicted molar refractivity (Wildman–Crippen MR) is 106 cm³/mol. The van der Waals surface area contributed by atoms with Crippen molar-refractivity contribution in [1.82, 2.24) is 9.97 Å². The first-order valence-corrected chi connectivity index (χ1v) is 9.29. The van der Waals surface area contributed by atoms with Crippen molar-refractivity contribution in [2.45, 2.75) is 19.9 Å². The fourth-order valence-corrected chi connectivity index (χ4v) is 4.44. The number of rotatable bonds is 5. The summed E-state index contributed by atoms with van der Waals surface area (Å²) in [6.45, 7) is 5.00. The highest BCUT2D eigenvalue weighted by Crippen LogP contribution is 2.65. The van der Waals surface area contributed by atoms with E-state index in [4.69, 9.17) is 11.5 Å². The number of pyridine rings is 2. The quantitative estimate of drug-likeness (QED) is 0.683. The average Bonchev–Trinajstić information content (AvgIpc) is 3.04. The summed E-state index contributed by atoms with van der Waals surface area (Å²) in [7, 11) is 0. The Bertz CT molecular complexity index is 1020. The highest BCUT2D eigenvalue weighted by atomic mass is 16.2. The molecule has 29 heavy (non-hydrogen) atoms. The first-order valence-electron chi connectivity index (χ1n) is 9.29. The third kappa shape index (κ3) is 3.18. The molecule has 3 unspecified atom stereocenters. The minimum atomic E-state index is -0.664. The smallest absolute Gasteiger partial charge is 0.267 e. The Morgan fingerprint density at radius 1 is 1.07 bits per heavy atom. The second-order valence-electron chi connectivity index (χ2n) is 8.10. The van der Waals surface area contributed by atoms with Gasteiger partial charge in [-0.15, -0.1) is 0 Å². The van der Waals surface area contributed by atoms with Gasteiger partial charge in [-0.3, -0.25) is 24.4 Å². The van der Waals surface area contributed by atoms with Crippen LogP contribution in [-0.2, 0) is 4.79 Å². The molecule has 9 nitrogen and oxygen atoms in total. The molecule has 1 aliphatic heterocycles. The molecule has 0 aromatic carbocycles. The van der Waals surface area contributed by atoms with Crippen molar-refractivity contribution < 1.29 is 14.4 Å². The second kappa shape index (κ2) is 6.54. The van der Waals surface area contributed by atoms with Crippen LogP contribution in [0.5, 0.6) is 0 Å². The van der Waals surface area contributed by atoms with Gasteiger partial charge in [0.25, 0.3) is 11.8 Å². The minimum Gasteiger partial charge on any atom is -0.364 e. The summed E-state index contributed by atoms with van der Waals surface area (Å²) in [5.41, 5.74) is 12.1. The number of piperidine rings is 1. The van der Waals surface area contributed by atoms with E-state index in [1.807, 2.05) is 4.90 Å². The summed E-state index contributed by atoms with van der Waals surface area (Å²) in [4.78, 5) is 45.9. The molecule has 2 aromatic rings. The van der Waals surface area contributed by atoms with E-state index in [-0.39, 0.29) is 28.6 Å². The summed E-state index contributed by atoms with van der Waals surface area (Å²) >= 11 is 0. The van der Waals surface area contributed by atoms with Crippen molar-refractivity contribution >= 4 is 29.1 Å². The van der Waals surface area contributed by atoms with Crippen LogP contribution in [0.2, 0.25) is 0 Å². The number of carbonyl (C=O) groups excluding carboxylic acids is 3. The van der Waals surface area contributed by atoms with Crippen molar-refractivity contribution in [3.05, 3.63) is 48.0 Å². The Hall–Kier alpha value is -3.49. The maximum Gasteiger partial charge on any atom is 0.267 e. The summed E-state index contributed by atoms with van der Waals surface area (Å²) < 4.78 is 0. The molecule has 0 radical (unpaired) electrons. The lowest BCUT2D eigenvalue weighted by molar-refractivity contribution is -0.117. The maximum absolute atomic E-state index is 13.2. The number of fused-ring (bicyclic) bond motifs is 1. The van der Waals surface area contributed by atoms with Gasteiger partial charge in [-0.05, 0) is 41.5 Å². The molecular weight excluding hydrogens is 372 g/mol. The van der Waals surface area contributed by atoms with Gasteiger partial charge in [0.1, 0.15) is 17.4 Å². The number of anilines is 2. The molecule has 2 aromatic heterocycles. The van der Waals surface area contributed by atoms with Crippen LogP contribution < -0.4 is 21.7 Å². The number of carbonyl (C=O) groups is 3. The molecule has 3 amide bonds. The van der Waals surface area contributed by atoms with Crippen LogP contribution in [0.1, 0.15) is 34.8 Å². The van der Waals surface area contributed by atoms with E-state index in [0.717, 1.165) is 5.69 Å². The van der Waals surface area contributed by atoms with E-state index in [1.54, 1.807) is 18.2 Å². The molecule has 9 heteroatoms. The average molecular weight is 394 g/mol. The number of amides is 3. The summed E-state index contributed by atoms with van der Waals surface area (Å²) in [5.74, 6) is -0.939. The number of hydrogen-bond acceptors (Lipinski definition) is 6. The molecular formula is C20H22N6O3. The van der Waals surface area contributed by atoms with Crippen molar-refractivity contribution in [3.8, 4) is 0 Å². The Labute approximate surface area is 167 Å². The topological polar surface area (TPSA) is 144 Å². The van der Waals surface area contributed by atoms with E-state index >= 15 is 0 Å². The number of nitrogens with zero attached hydrogens (tertiary/aromatic N) is 3. The Balaban J connectivity index is 1.62. The first-order chi connectivity index (χ1) is 13.7. The van der Waals surface area contributed by atoms with E-state index in [9.17, 15) is 14.4 Å². The highest BCUT2D eigenvalue weighted by Gasteiger charge is 2.68. The van der Waals surface area contributed by atoms with Crippen LogP contribution in [0.15, 0.2) is 36.7 Å². The van der Waals surface area contributed by atoms with E-state index in [2.05, 4.69) is 29.1 Å². The van der Waals surface area contributed by atoms with E-state index < -0.39 is 17.9 Å². The lowest BCUT2D eigenvalue weighted by Gasteiger charge is -2.32. The zero-order valence-corrected chi connectivity index (χ0v) is 16.1. The Kier molecular flexibility index (Phi) is 4.25. The lowest BCUT2D eigenvalue weighted by atomic mass is 10.00. The van der Waals surface area contributed by atoms with Gasteiger partial charge in [-0.25, -0.2) is 0 Å². The van der Waals surface area contributed by atoms with E-state index in [0.29, 0.717) is 18.2 Å². The van der Waals surface area contributed by atoms with Gasteiger partial charge < -0.3 is 21.7 Å². The zero-order valence-electron chi connectivity index (χ0n) is 16.1. The van der Waals surface area contributed by atoms with Crippen molar-refractivity contribution in [2.24, 2.45) is 28.7 Å². The summed E-state index contributed by atoms with van der Waals surface area (Å²) in [6.07, 6.45) is 2.94. The zero-order chi connectivity index (χ0) is 20.9. The van der Waals surface area contributed by atoms with Crippen molar-refractivity contribution in [3.63, 3.8) is 0 Å². The van der Waals surface area contributed by atoms with Gasteiger partial charge in [-0.1, -0.05) is 13.8 Å². The van der Waals surface area contributed by atoms with Gasteiger partial charge in [0.05, 0.1) is 0 Å². The van der Waals surface area contributed by atoms with Crippen LogP contribution in [0.4, 0.5) is 11.4 Å². The summed E-state index contributed by atoms with van der Waals surface area (Å²) in [5, 5.41) is 2.88. The van der Waals surface area contributed by atoms with Crippen LogP contribution in [0, 0.1) is 17.3 Å². The van der Waals surface area contributed by atoms with Gasteiger partial charge >= 0.3 is 0 Å². The third-order valence-corrected chi connectivity index (χ3v) is 6.08. The number of aromatic nitrogens is 2. The van der Waals surface area contributed by atoms with E-state index in [1.165, 1.54) is 18.5 Å². The van der Waals surface area contributed by atoms with Crippen LogP contribution in [0.25, 0.3) is 0 Å². The molecule has 1 saturated carbocycles. The molecule has 3 atom stereocenters. The molecule has 150 valence electrons. The molecule has 0 bridgehead atoms. The molecule has 0 spiro atoms. The molecule has 3 heterocycles. The van der Waals surface area contributed by atoms with Gasteiger partial charge in [0, 0.05) is 30.3 Å². The van der Waals surface area contributed by atoms with Crippen LogP contribution in [-0.4, -0.2) is 40.3 Å². The summed E-state index contributed by atoms with van der Waals surface area (Å²) in [6, 6.07) is 6.01. The van der Waals surface area contributed by atoms with Gasteiger partial charge in [-0.2, -0.15) is 0 Å². The first kappa shape index (κ1) is 18.9. The lowest BCUT2D eigenvalue weighted by Crippen LogP contribution is -2.45. The maximum atomic E-state index is 13.2. The fourth-order valence-electron chi connectivity index (χ4n) is 4.44. The largest absolute Gasteiger partial charge is 0.364 e. The molecule has 4 rings (SSSR count). The van der Waals surface area contributed by atoms with Crippen LogP contribution >= 0.6 is 0 Å². The Morgan fingerprint density at radius 2 is 1.69 bits per heavy atom. The SMILES string of the molecule is CC1(C)C2CN(c3ccnc(C(N)=O)c3)C(C(=O)Nc3ccnc(C(N)=O)c3)C21. The minimum absolute atomic E-state index is 0.0503. The fraction of sp³-hybridized carbons (Fsp3) is 0.350. The highest BCUT2D eigenvalue weighted by molar-refractivity contribution is 6.00. The molecule has 1 aliphatic carbocycles. The number of hydrogen-bond donors (Lipinski definition) is 3. The molecule has 2 fully saturated rings. The van der Waals surface area contributed by atoms with Gasteiger partial charge in [0.15, 0.2) is 0 Å².